The van der Waals surface area contributed by atoms with Crippen molar-refractivity contribution in [3.8, 4) is 0 Å². The van der Waals surface area contributed by atoms with E-state index >= 15 is 0 Å². The Balaban J connectivity index is 1.55. The normalized spacial score (nSPS) is 11.3. The number of nitrogens with zero attached hydrogens (tertiary/aromatic N) is 4. The number of rotatable bonds is 5. The van der Waals surface area contributed by atoms with Gasteiger partial charge in [0.15, 0.2) is 11.0 Å². The molecule has 26 heavy (non-hydrogen) atoms. The van der Waals surface area contributed by atoms with Crippen LogP contribution in [0.5, 0.6) is 0 Å². The first kappa shape index (κ1) is 17.3. The Morgan fingerprint density at radius 2 is 2.00 bits per heavy atom. The first-order valence-electron chi connectivity index (χ1n) is 7.96. The van der Waals surface area contributed by atoms with E-state index in [1.165, 1.54) is 11.3 Å². The van der Waals surface area contributed by atoms with E-state index in [0.29, 0.717) is 6.54 Å². The number of thiazole rings is 1. The van der Waals surface area contributed by atoms with Crippen LogP contribution in [-0.2, 0) is 19.3 Å². The maximum absolute atomic E-state index is 12.3. The van der Waals surface area contributed by atoms with E-state index in [4.69, 9.17) is 11.6 Å². The lowest BCUT2D eigenvalue weighted by Crippen LogP contribution is -2.16. The maximum Gasteiger partial charge on any atom is 0.308 e. The molecule has 2 heterocycles. The zero-order valence-electron chi connectivity index (χ0n) is 13.9. The molecule has 0 saturated heterocycles. The minimum absolute atomic E-state index is 0.0160. The average molecular weight is 403 g/mol. The number of hydrogen-bond acceptors (Lipinski definition) is 5. The van der Waals surface area contributed by atoms with Gasteiger partial charge in [-0.15, -0.1) is 10.2 Å². The van der Waals surface area contributed by atoms with Crippen LogP contribution < -0.4 is 4.87 Å². The number of fused-ring (bicyclic) bond motifs is 1. The molecular weight excluding hydrogens is 388 g/mol. The quantitative estimate of drug-likeness (QED) is 0.470. The molecule has 0 radical (unpaired) electrons. The summed E-state index contributed by atoms with van der Waals surface area (Å²) in [5.74, 6) is 1.51. The molecule has 0 bridgehead atoms. The fourth-order valence-electron chi connectivity index (χ4n) is 2.69. The molecule has 8 heteroatoms. The second-order valence-electron chi connectivity index (χ2n) is 5.80. The summed E-state index contributed by atoms with van der Waals surface area (Å²) in [4.78, 5) is 12.3. The van der Waals surface area contributed by atoms with Crippen LogP contribution in [0.4, 0.5) is 0 Å². The van der Waals surface area contributed by atoms with Crippen LogP contribution in [0.3, 0.4) is 0 Å². The zero-order chi connectivity index (χ0) is 18.1. The number of aromatic nitrogens is 4. The summed E-state index contributed by atoms with van der Waals surface area (Å²) in [7, 11) is 1.93. The third-order valence-electron chi connectivity index (χ3n) is 4.06. The molecule has 0 atom stereocenters. The first-order valence-corrected chi connectivity index (χ1v) is 10.1. The zero-order valence-corrected chi connectivity index (χ0v) is 16.3. The lowest BCUT2D eigenvalue weighted by atomic mass is 10.2. The molecule has 2 aromatic carbocycles. The molecule has 4 rings (SSSR count). The predicted octanol–water partition coefficient (Wildman–Crippen LogP) is 4.19. The second-order valence-corrected chi connectivity index (χ2v) is 8.17. The Hall–Kier alpha value is -2.09. The van der Waals surface area contributed by atoms with E-state index in [-0.39, 0.29) is 4.87 Å². The van der Waals surface area contributed by atoms with Gasteiger partial charge >= 0.3 is 4.87 Å². The Labute approximate surface area is 163 Å². The van der Waals surface area contributed by atoms with Gasteiger partial charge < -0.3 is 4.57 Å². The highest BCUT2D eigenvalue weighted by atomic mass is 35.5. The van der Waals surface area contributed by atoms with Crippen LogP contribution in [0.15, 0.2) is 58.5 Å². The topological polar surface area (TPSA) is 52.7 Å². The molecule has 5 nitrogen and oxygen atoms in total. The molecule has 0 saturated carbocycles. The van der Waals surface area contributed by atoms with Crippen molar-refractivity contribution in [2.75, 3.05) is 0 Å². The number of thioether (sulfide) groups is 1. The van der Waals surface area contributed by atoms with Crippen LogP contribution in [0.2, 0.25) is 5.02 Å². The predicted molar refractivity (Wildman–Crippen MR) is 107 cm³/mol. The molecule has 2 aromatic heterocycles. The Morgan fingerprint density at radius 3 is 2.85 bits per heavy atom. The molecule has 0 N–H and O–H groups in total. The highest BCUT2D eigenvalue weighted by Crippen LogP contribution is 2.23. The molecule has 0 aliphatic rings. The number of hydrogen-bond donors (Lipinski definition) is 0. The van der Waals surface area contributed by atoms with Crippen molar-refractivity contribution in [3.63, 3.8) is 0 Å². The van der Waals surface area contributed by atoms with Crippen LogP contribution in [0.25, 0.3) is 10.2 Å². The van der Waals surface area contributed by atoms with E-state index in [9.17, 15) is 4.79 Å². The van der Waals surface area contributed by atoms with Crippen LogP contribution in [0.1, 0.15) is 11.4 Å². The summed E-state index contributed by atoms with van der Waals surface area (Å²) >= 11 is 8.88. The van der Waals surface area contributed by atoms with E-state index in [1.807, 2.05) is 60.1 Å². The van der Waals surface area contributed by atoms with Crippen molar-refractivity contribution in [3.05, 3.63) is 74.6 Å². The summed E-state index contributed by atoms with van der Waals surface area (Å²) in [6.07, 6.45) is 0. The van der Waals surface area contributed by atoms with Gasteiger partial charge in [0.25, 0.3) is 0 Å². The van der Waals surface area contributed by atoms with E-state index in [1.54, 1.807) is 16.3 Å². The van der Waals surface area contributed by atoms with Gasteiger partial charge in [-0.25, -0.2) is 0 Å². The van der Waals surface area contributed by atoms with Crippen LogP contribution in [-0.4, -0.2) is 19.3 Å². The second kappa shape index (κ2) is 7.26. The van der Waals surface area contributed by atoms with Crippen LogP contribution >= 0.6 is 34.7 Å². The number of para-hydroxylation sites is 1. The summed E-state index contributed by atoms with van der Waals surface area (Å²) in [5.41, 5.74) is 2.06. The lowest BCUT2D eigenvalue weighted by Gasteiger charge is -2.05. The van der Waals surface area contributed by atoms with Gasteiger partial charge in [0.2, 0.25) is 0 Å². The van der Waals surface area contributed by atoms with Gasteiger partial charge in [-0.1, -0.05) is 59.0 Å². The number of benzene rings is 2. The van der Waals surface area contributed by atoms with Gasteiger partial charge in [-0.05, 0) is 29.8 Å². The van der Waals surface area contributed by atoms with Gasteiger partial charge in [0.1, 0.15) is 0 Å². The Bertz CT molecular complexity index is 1130. The Morgan fingerprint density at radius 1 is 1.15 bits per heavy atom. The summed E-state index contributed by atoms with van der Waals surface area (Å²) in [5, 5.41) is 10.1. The highest BCUT2D eigenvalue weighted by molar-refractivity contribution is 7.98. The van der Waals surface area contributed by atoms with Crippen LogP contribution in [0, 0.1) is 0 Å². The fourth-order valence-corrected chi connectivity index (χ4v) is 4.66. The smallest absolute Gasteiger partial charge is 0.308 e. The van der Waals surface area contributed by atoms with Crippen molar-refractivity contribution in [2.24, 2.45) is 7.05 Å². The molecule has 132 valence electrons. The molecule has 0 fully saturated rings. The van der Waals surface area contributed by atoms with E-state index in [0.717, 1.165) is 37.5 Å². The monoisotopic (exact) mass is 402 g/mol. The SMILES string of the molecule is Cn1c(Cn2c(=O)sc3ccccc32)nnc1SCc1cccc(Cl)c1. The van der Waals surface area contributed by atoms with Crippen molar-refractivity contribution in [1.29, 1.82) is 0 Å². The third kappa shape index (κ3) is 3.42. The standard InChI is InChI=1S/C18H15ClN4OS2/c1-22-16(10-23-14-7-2-3-8-15(14)26-18(23)24)20-21-17(22)25-11-12-5-4-6-13(19)9-12/h2-9H,10-11H2,1H3. The van der Waals surface area contributed by atoms with Gasteiger partial charge in [0.05, 0.1) is 16.8 Å². The van der Waals surface area contributed by atoms with Gasteiger partial charge in [-0.2, -0.15) is 0 Å². The summed E-state index contributed by atoms with van der Waals surface area (Å²) in [6, 6.07) is 15.6. The first-order chi connectivity index (χ1) is 12.6. The van der Waals surface area contributed by atoms with E-state index in [2.05, 4.69) is 10.2 Å². The summed E-state index contributed by atoms with van der Waals surface area (Å²) in [6.45, 7) is 0.407. The minimum Gasteiger partial charge on any atom is -0.308 e. The number of halogens is 1. The molecule has 4 aromatic rings. The molecule has 0 amide bonds. The molecule has 0 aliphatic carbocycles. The molecule has 0 spiro atoms. The third-order valence-corrected chi connectivity index (χ3v) is 6.34. The summed E-state index contributed by atoms with van der Waals surface area (Å²) < 4.78 is 4.67. The van der Waals surface area contributed by atoms with E-state index < -0.39 is 0 Å². The molecule has 0 unspecified atom stereocenters. The van der Waals surface area contributed by atoms with Gasteiger partial charge in [-0.3, -0.25) is 9.36 Å². The Kier molecular flexibility index (Phi) is 4.84. The molecule has 0 aliphatic heterocycles. The molecular formula is C18H15ClN4OS2. The largest absolute Gasteiger partial charge is 0.308 e. The van der Waals surface area contributed by atoms with Gasteiger partial charge in [0, 0.05) is 17.8 Å². The van der Waals surface area contributed by atoms with Crippen molar-refractivity contribution < 1.29 is 0 Å². The van der Waals surface area contributed by atoms with Crippen molar-refractivity contribution in [1.82, 2.24) is 19.3 Å². The van der Waals surface area contributed by atoms with Crippen molar-refractivity contribution in [2.45, 2.75) is 17.5 Å². The maximum atomic E-state index is 12.3. The highest BCUT2D eigenvalue weighted by Gasteiger charge is 2.13. The fraction of sp³-hybridized carbons (Fsp3) is 0.167. The minimum atomic E-state index is 0.0160. The lowest BCUT2D eigenvalue weighted by molar-refractivity contribution is 0.681. The average Bonchev–Trinajstić information content (AvgIpc) is 3.14. The van der Waals surface area contributed by atoms with Crippen molar-refractivity contribution >= 4 is 44.9 Å².